The lowest BCUT2D eigenvalue weighted by Gasteiger charge is -2.30. The van der Waals surface area contributed by atoms with Crippen LogP contribution in [0.25, 0.3) is 0 Å². The second kappa shape index (κ2) is 6.66. The molecule has 0 unspecified atom stereocenters. The lowest BCUT2D eigenvalue weighted by atomic mass is 9.94. The second-order valence-corrected chi connectivity index (χ2v) is 6.30. The molecule has 1 aromatic carbocycles. The third-order valence-electron chi connectivity index (χ3n) is 3.82. The van der Waals surface area contributed by atoms with Crippen molar-refractivity contribution in [1.29, 1.82) is 0 Å². The summed E-state index contributed by atoms with van der Waals surface area (Å²) < 4.78 is 1.17. The van der Waals surface area contributed by atoms with Crippen LogP contribution in [-0.4, -0.2) is 30.3 Å². The van der Waals surface area contributed by atoms with Crippen LogP contribution in [0.3, 0.4) is 0 Å². The van der Waals surface area contributed by atoms with Gasteiger partial charge in [-0.3, -0.25) is 9.69 Å². The molecule has 18 heavy (non-hydrogen) atoms. The van der Waals surface area contributed by atoms with Gasteiger partial charge in [0.25, 0.3) is 0 Å². The molecule has 1 aliphatic heterocycles. The van der Waals surface area contributed by atoms with Crippen molar-refractivity contribution in [3.05, 3.63) is 33.4 Å². The molecular formula is C15H20INO. The average Bonchev–Trinajstić information content (AvgIpc) is 2.40. The SMILES string of the molecule is CCC1CCN(CC(=O)c2ccc(I)cc2)CC1. The molecular weight excluding hydrogens is 337 g/mol. The van der Waals surface area contributed by atoms with Crippen molar-refractivity contribution in [3.8, 4) is 0 Å². The highest BCUT2D eigenvalue weighted by Gasteiger charge is 2.19. The predicted octanol–water partition coefficient (Wildman–Crippen LogP) is 3.60. The highest BCUT2D eigenvalue weighted by atomic mass is 127. The van der Waals surface area contributed by atoms with E-state index in [9.17, 15) is 4.79 Å². The molecule has 0 bridgehead atoms. The normalized spacial score (nSPS) is 17.9. The minimum Gasteiger partial charge on any atom is -0.296 e. The van der Waals surface area contributed by atoms with Crippen molar-refractivity contribution in [1.82, 2.24) is 4.90 Å². The summed E-state index contributed by atoms with van der Waals surface area (Å²) in [5, 5.41) is 0. The van der Waals surface area contributed by atoms with E-state index in [0.717, 1.165) is 24.6 Å². The summed E-state index contributed by atoms with van der Waals surface area (Å²) in [6, 6.07) is 7.86. The van der Waals surface area contributed by atoms with Crippen LogP contribution >= 0.6 is 22.6 Å². The number of benzene rings is 1. The molecule has 0 aromatic heterocycles. The van der Waals surface area contributed by atoms with Crippen LogP contribution in [0.4, 0.5) is 0 Å². The Kier molecular flexibility index (Phi) is 5.18. The van der Waals surface area contributed by atoms with Crippen molar-refractivity contribution < 1.29 is 4.79 Å². The Hall–Kier alpha value is -0.420. The van der Waals surface area contributed by atoms with Gasteiger partial charge in [-0.15, -0.1) is 0 Å². The molecule has 1 heterocycles. The number of ketones is 1. The van der Waals surface area contributed by atoms with Crippen molar-refractivity contribution >= 4 is 28.4 Å². The largest absolute Gasteiger partial charge is 0.296 e. The van der Waals surface area contributed by atoms with Gasteiger partial charge in [-0.1, -0.05) is 25.5 Å². The molecule has 2 nitrogen and oxygen atoms in total. The maximum atomic E-state index is 12.1. The van der Waals surface area contributed by atoms with Crippen molar-refractivity contribution in [2.24, 2.45) is 5.92 Å². The number of halogens is 1. The number of nitrogens with zero attached hydrogens (tertiary/aromatic N) is 1. The lowest BCUT2D eigenvalue weighted by Crippen LogP contribution is -2.37. The molecule has 0 atom stereocenters. The van der Waals surface area contributed by atoms with Gasteiger partial charge < -0.3 is 0 Å². The molecule has 98 valence electrons. The van der Waals surface area contributed by atoms with Gasteiger partial charge in [0, 0.05) is 9.13 Å². The smallest absolute Gasteiger partial charge is 0.176 e. The maximum absolute atomic E-state index is 12.1. The molecule has 2 rings (SSSR count). The first kappa shape index (κ1) is 14.0. The van der Waals surface area contributed by atoms with Crippen LogP contribution in [-0.2, 0) is 0 Å². The average molecular weight is 357 g/mol. The lowest BCUT2D eigenvalue weighted by molar-refractivity contribution is 0.0894. The molecule has 0 spiro atoms. The van der Waals surface area contributed by atoms with Crippen molar-refractivity contribution in [2.45, 2.75) is 26.2 Å². The molecule has 0 saturated carbocycles. The van der Waals surface area contributed by atoms with Crippen LogP contribution in [0.1, 0.15) is 36.5 Å². The molecule has 1 aromatic rings. The number of carbonyl (C=O) groups excluding carboxylic acids is 1. The molecule has 1 aliphatic rings. The van der Waals surface area contributed by atoms with E-state index < -0.39 is 0 Å². The van der Waals surface area contributed by atoms with Gasteiger partial charge in [-0.05, 0) is 66.6 Å². The van der Waals surface area contributed by atoms with E-state index in [0.29, 0.717) is 6.54 Å². The summed E-state index contributed by atoms with van der Waals surface area (Å²) in [7, 11) is 0. The van der Waals surface area contributed by atoms with Crippen LogP contribution in [0, 0.1) is 9.49 Å². The highest BCUT2D eigenvalue weighted by molar-refractivity contribution is 14.1. The van der Waals surface area contributed by atoms with Crippen LogP contribution in [0.15, 0.2) is 24.3 Å². The number of likely N-dealkylation sites (tertiary alicyclic amines) is 1. The molecule has 0 radical (unpaired) electrons. The summed E-state index contributed by atoms with van der Waals surface area (Å²) in [6.45, 7) is 5.00. The number of Topliss-reactive ketones (excluding diaryl/α,β-unsaturated/α-hetero) is 1. The molecule has 0 aliphatic carbocycles. The summed E-state index contributed by atoms with van der Waals surface area (Å²) in [4.78, 5) is 14.4. The zero-order valence-electron chi connectivity index (χ0n) is 10.9. The summed E-state index contributed by atoms with van der Waals surface area (Å²) in [6.07, 6.45) is 3.77. The number of carbonyl (C=O) groups is 1. The van der Waals surface area contributed by atoms with Gasteiger partial charge in [0.15, 0.2) is 5.78 Å². The van der Waals surface area contributed by atoms with Crippen molar-refractivity contribution in [2.75, 3.05) is 19.6 Å². The van der Waals surface area contributed by atoms with E-state index in [-0.39, 0.29) is 5.78 Å². The molecule has 3 heteroatoms. The molecule has 1 saturated heterocycles. The van der Waals surface area contributed by atoms with Gasteiger partial charge in [0.1, 0.15) is 0 Å². The van der Waals surface area contributed by atoms with Gasteiger partial charge >= 0.3 is 0 Å². The Bertz CT molecular complexity index is 393. The maximum Gasteiger partial charge on any atom is 0.176 e. The number of hydrogen-bond donors (Lipinski definition) is 0. The summed E-state index contributed by atoms with van der Waals surface area (Å²) >= 11 is 2.26. The van der Waals surface area contributed by atoms with E-state index in [4.69, 9.17) is 0 Å². The zero-order chi connectivity index (χ0) is 13.0. The molecule has 0 N–H and O–H groups in total. The molecule has 0 amide bonds. The first-order chi connectivity index (χ1) is 8.69. The van der Waals surface area contributed by atoms with Crippen molar-refractivity contribution in [3.63, 3.8) is 0 Å². The standard InChI is InChI=1S/C15H20INO/c1-2-12-7-9-17(10-8-12)11-15(18)13-3-5-14(16)6-4-13/h3-6,12H,2,7-11H2,1H3. The van der Waals surface area contributed by atoms with Gasteiger partial charge in [-0.25, -0.2) is 0 Å². The minimum atomic E-state index is 0.251. The van der Waals surface area contributed by atoms with Gasteiger partial charge in [-0.2, -0.15) is 0 Å². The van der Waals surface area contributed by atoms with Gasteiger partial charge in [0.05, 0.1) is 6.54 Å². The number of hydrogen-bond acceptors (Lipinski definition) is 2. The van der Waals surface area contributed by atoms with E-state index in [1.54, 1.807) is 0 Å². The van der Waals surface area contributed by atoms with E-state index in [1.807, 2.05) is 24.3 Å². The highest BCUT2D eigenvalue weighted by Crippen LogP contribution is 2.20. The van der Waals surface area contributed by atoms with Crippen LogP contribution < -0.4 is 0 Å². The number of piperidine rings is 1. The fraction of sp³-hybridized carbons (Fsp3) is 0.533. The van der Waals surface area contributed by atoms with Crippen LogP contribution in [0.2, 0.25) is 0 Å². The fourth-order valence-corrected chi connectivity index (χ4v) is 2.84. The second-order valence-electron chi connectivity index (χ2n) is 5.06. The minimum absolute atomic E-state index is 0.251. The van der Waals surface area contributed by atoms with Gasteiger partial charge in [0.2, 0.25) is 0 Å². The van der Waals surface area contributed by atoms with E-state index >= 15 is 0 Å². The Morgan fingerprint density at radius 3 is 2.44 bits per heavy atom. The Labute approximate surface area is 123 Å². The topological polar surface area (TPSA) is 20.3 Å². The Balaban J connectivity index is 1.86. The number of rotatable bonds is 4. The first-order valence-corrected chi connectivity index (χ1v) is 7.78. The summed E-state index contributed by atoms with van der Waals surface area (Å²) in [5.41, 5.74) is 0.841. The third kappa shape index (κ3) is 3.79. The third-order valence-corrected chi connectivity index (χ3v) is 4.54. The van der Waals surface area contributed by atoms with E-state index in [2.05, 4.69) is 34.4 Å². The van der Waals surface area contributed by atoms with E-state index in [1.165, 1.54) is 22.8 Å². The Morgan fingerprint density at radius 1 is 1.28 bits per heavy atom. The quantitative estimate of drug-likeness (QED) is 0.606. The molecule has 1 fully saturated rings. The fourth-order valence-electron chi connectivity index (χ4n) is 2.48. The zero-order valence-corrected chi connectivity index (χ0v) is 13.0. The van der Waals surface area contributed by atoms with Crippen LogP contribution in [0.5, 0.6) is 0 Å². The monoisotopic (exact) mass is 357 g/mol. The first-order valence-electron chi connectivity index (χ1n) is 6.70. The summed E-state index contributed by atoms with van der Waals surface area (Å²) in [5.74, 6) is 1.12. The Morgan fingerprint density at radius 2 is 1.89 bits per heavy atom. The predicted molar refractivity (Wildman–Crippen MR) is 82.9 cm³/mol.